The minimum Gasteiger partial charge on any atom is -0.497 e. The molecule has 0 unspecified atom stereocenters. The number of ether oxygens (including phenoxy) is 2. The molecule has 7 nitrogen and oxygen atoms in total. The van der Waals surface area contributed by atoms with Crippen LogP contribution >= 0.6 is 0 Å². The van der Waals surface area contributed by atoms with E-state index in [1.165, 1.54) is 5.19 Å². The highest BCUT2D eigenvalue weighted by molar-refractivity contribution is 6.91. The van der Waals surface area contributed by atoms with E-state index in [2.05, 4.69) is 38.7 Å². The van der Waals surface area contributed by atoms with E-state index in [0.29, 0.717) is 13.1 Å². The number of aliphatic hydroxyl groups excluding tert-OH is 1. The molecule has 0 bridgehead atoms. The average molecular weight is 549 g/mol. The average Bonchev–Trinajstić information content (AvgIpc) is 3.60. The van der Waals surface area contributed by atoms with Gasteiger partial charge in [-0.05, 0) is 36.6 Å². The van der Waals surface area contributed by atoms with E-state index in [1.807, 2.05) is 41.3 Å². The number of fused-ring (bicyclic) bond motifs is 2. The standard InChI is InChI=1S/C31H40N2O5Si/c1-6-17-33-26-12-8-7-11-25(26)31(30(33)36)21(2)29(39(4,5)24-15-13-23(37-3)14-16-24)27(38-31)19-28(35)32-18-9-10-22(32)20-34/h6-8,11-16,21-22,27,29,34H,1,9-10,17-20H2,2-5H3/t21-,22+,27+,29-,31+/m1/s1. The molecule has 39 heavy (non-hydrogen) atoms. The molecule has 2 fully saturated rings. The quantitative estimate of drug-likeness (QED) is 0.401. The maximum Gasteiger partial charge on any atom is 0.264 e. The summed E-state index contributed by atoms with van der Waals surface area (Å²) in [7, 11) is -0.658. The molecule has 3 aliphatic heterocycles. The highest BCUT2D eigenvalue weighted by Gasteiger charge is 2.66. The number of hydrogen-bond donors (Lipinski definition) is 1. The minimum atomic E-state index is -2.32. The Kier molecular flexibility index (Phi) is 7.48. The van der Waals surface area contributed by atoms with Gasteiger partial charge in [-0.3, -0.25) is 9.59 Å². The summed E-state index contributed by atoms with van der Waals surface area (Å²) in [5, 5.41) is 11.1. The summed E-state index contributed by atoms with van der Waals surface area (Å²) in [5.41, 5.74) is 0.556. The van der Waals surface area contributed by atoms with E-state index in [0.717, 1.165) is 29.8 Å². The lowest BCUT2D eigenvalue weighted by molar-refractivity contribution is -0.149. The molecule has 2 aromatic rings. The predicted octanol–water partition coefficient (Wildman–Crippen LogP) is 3.82. The Morgan fingerprint density at radius 3 is 2.62 bits per heavy atom. The van der Waals surface area contributed by atoms with Gasteiger partial charge in [-0.15, -0.1) is 6.58 Å². The van der Waals surface area contributed by atoms with Crippen LogP contribution in [-0.4, -0.2) is 68.8 Å². The molecule has 0 saturated carbocycles. The Labute approximate surface area is 232 Å². The van der Waals surface area contributed by atoms with Crippen molar-refractivity contribution in [2.45, 2.75) is 62.6 Å². The summed E-state index contributed by atoms with van der Waals surface area (Å²) in [6.07, 6.45) is 3.20. The van der Waals surface area contributed by atoms with Gasteiger partial charge in [0.05, 0.1) is 46.0 Å². The summed E-state index contributed by atoms with van der Waals surface area (Å²) in [6, 6.07) is 15.9. The van der Waals surface area contributed by atoms with Crippen molar-refractivity contribution in [3.63, 3.8) is 0 Å². The number of anilines is 1. The predicted molar refractivity (Wildman–Crippen MR) is 155 cm³/mol. The van der Waals surface area contributed by atoms with E-state index in [-0.39, 0.29) is 42.3 Å². The van der Waals surface area contributed by atoms with Gasteiger partial charge in [0.25, 0.3) is 5.91 Å². The maximum absolute atomic E-state index is 14.3. The second-order valence-corrected chi connectivity index (χ2v) is 16.3. The number of amides is 2. The number of nitrogens with zero attached hydrogens (tertiary/aromatic N) is 2. The van der Waals surface area contributed by atoms with Gasteiger partial charge in [-0.25, -0.2) is 0 Å². The highest BCUT2D eigenvalue weighted by Crippen LogP contribution is 2.59. The van der Waals surface area contributed by atoms with Crippen LogP contribution in [0.2, 0.25) is 18.6 Å². The summed E-state index contributed by atoms with van der Waals surface area (Å²) in [5.74, 6) is 0.554. The topological polar surface area (TPSA) is 79.3 Å². The molecule has 2 aromatic carbocycles. The molecule has 208 valence electrons. The van der Waals surface area contributed by atoms with Crippen molar-refractivity contribution >= 4 is 30.8 Å². The zero-order valence-electron chi connectivity index (χ0n) is 23.4. The Bertz CT molecular complexity index is 1250. The molecule has 1 spiro atoms. The van der Waals surface area contributed by atoms with Crippen molar-refractivity contribution in [3.8, 4) is 5.75 Å². The third-order valence-electron chi connectivity index (χ3n) is 9.34. The van der Waals surface area contributed by atoms with Gasteiger partial charge in [0.15, 0.2) is 5.60 Å². The normalized spacial score (nSPS) is 28.3. The fourth-order valence-corrected chi connectivity index (χ4v) is 11.4. The van der Waals surface area contributed by atoms with Crippen LogP contribution in [0, 0.1) is 5.92 Å². The van der Waals surface area contributed by atoms with Gasteiger partial charge in [-0.1, -0.05) is 61.6 Å². The first-order chi connectivity index (χ1) is 18.7. The first-order valence-corrected chi connectivity index (χ1v) is 17.0. The van der Waals surface area contributed by atoms with Crippen molar-refractivity contribution < 1.29 is 24.2 Å². The van der Waals surface area contributed by atoms with Crippen molar-refractivity contribution in [2.24, 2.45) is 5.92 Å². The molecule has 0 aliphatic carbocycles. The van der Waals surface area contributed by atoms with Crippen LogP contribution in [0.3, 0.4) is 0 Å². The van der Waals surface area contributed by atoms with E-state index in [4.69, 9.17) is 9.47 Å². The summed E-state index contributed by atoms with van der Waals surface area (Å²) < 4.78 is 12.4. The molecular weight excluding hydrogens is 508 g/mol. The number of aliphatic hydroxyl groups is 1. The van der Waals surface area contributed by atoms with Crippen molar-refractivity contribution in [1.29, 1.82) is 0 Å². The van der Waals surface area contributed by atoms with Gasteiger partial charge >= 0.3 is 0 Å². The Morgan fingerprint density at radius 2 is 1.95 bits per heavy atom. The zero-order valence-corrected chi connectivity index (χ0v) is 24.4. The number of methoxy groups -OCH3 is 1. The highest BCUT2D eigenvalue weighted by atomic mass is 28.3. The van der Waals surface area contributed by atoms with Crippen LogP contribution < -0.4 is 14.8 Å². The molecule has 8 heteroatoms. The van der Waals surface area contributed by atoms with E-state index < -0.39 is 19.8 Å². The SMILES string of the molecule is C=CCN1C(=O)[C@@]2(O[C@@H](CC(=O)N3CCC[C@H]3CO)[C@H]([Si](C)(C)c3ccc(OC)cc3)[C@H]2C)c2ccccc21. The fraction of sp³-hybridized carbons (Fsp3) is 0.484. The van der Waals surface area contributed by atoms with Gasteiger partial charge < -0.3 is 24.4 Å². The van der Waals surface area contributed by atoms with E-state index in [1.54, 1.807) is 18.1 Å². The Balaban J connectivity index is 1.59. The minimum absolute atomic E-state index is 0.00740. The third kappa shape index (κ3) is 4.33. The molecular formula is C31H40N2O5Si. The lowest BCUT2D eigenvalue weighted by Gasteiger charge is -2.37. The molecule has 0 aromatic heterocycles. The second-order valence-electron chi connectivity index (χ2n) is 11.6. The summed E-state index contributed by atoms with van der Waals surface area (Å²) in [4.78, 5) is 31.6. The number of hydrogen-bond acceptors (Lipinski definition) is 5. The number of carbonyl (C=O) groups excluding carboxylic acids is 2. The van der Waals surface area contributed by atoms with Gasteiger partial charge in [0.2, 0.25) is 5.91 Å². The molecule has 5 atom stereocenters. The van der Waals surface area contributed by atoms with Crippen molar-refractivity contribution in [3.05, 3.63) is 66.7 Å². The monoisotopic (exact) mass is 548 g/mol. The van der Waals surface area contributed by atoms with Crippen molar-refractivity contribution in [2.75, 3.05) is 31.7 Å². The Hall–Kier alpha value is -2.94. The van der Waals surface area contributed by atoms with Crippen LogP contribution in [-0.2, 0) is 19.9 Å². The van der Waals surface area contributed by atoms with Crippen LogP contribution in [0.15, 0.2) is 61.2 Å². The molecule has 2 amide bonds. The smallest absolute Gasteiger partial charge is 0.264 e. The fourth-order valence-electron chi connectivity index (χ4n) is 7.42. The maximum atomic E-state index is 14.3. The van der Waals surface area contributed by atoms with Gasteiger partial charge in [-0.2, -0.15) is 0 Å². The summed E-state index contributed by atoms with van der Waals surface area (Å²) in [6.45, 7) is 11.7. The lowest BCUT2D eigenvalue weighted by Crippen LogP contribution is -2.52. The Morgan fingerprint density at radius 1 is 1.23 bits per heavy atom. The van der Waals surface area contributed by atoms with Crippen LogP contribution in [0.4, 0.5) is 5.69 Å². The number of likely N-dealkylation sites (tertiary alicyclic amines) is 1. The first kappa shape index (κ1) is 27.6. The van der Waals surface area contributed by atoms with Crippen LogP contribution in [0.1, 0.15) is 31.7 Å². The largest absolute Gasteiger partial charge is 0.497 e. The molecule has 2 saturated heterocycles. The van der Waals surface area contributed by atoms with Crippen molar-refractivity contribution in [1.82, 2.24) is 4.90 Å². The number of benzene rings is 2. The third-order valence-corrected chi connectivity index (χ3v) is 13.7. The first-order valence-electron chi connectivity index (χ1n) is 14.0. The molecule has 1 N–H and O–H groups in total. The van der Waals surface area contributed by atoms with E-state index in [9.17, 15) is 14.7 Å². The van der Waals surface area contributed by atoms with E-state index >= 15 is 0 Å². The van der Waals surface area contributed by atoms with Crippen LogP contribution in [0.25, 0.3) is 0 Å². The zero-order chi connectivity index (χ0) is 27.9. The summed E-state index contributed by atoms with van der Waals surface area (Å²) >= 11 is 0. The molecule has 3 heterocycles. The second kappa shape index (κ2) is 10.6. The molecule has 0 radical (unpaired) electrons. The molecule has 3 aliphatic rings. The molecule has 5 rings (SSSR count). The number of carbonyl (C=O) groups is 2. The number of para-hydroxylation sites is 1. The van der Waals surface area contributed by atoms with Gasteiger partial charge in [0.1, 0.15) is 5.75 Å². The number of rotatable bonds is 8. The van der Waals surface area contributed by atoms with Gasteiger partial charge in [0, 0.05) is 24.6 Å². The van der Waals surface area contributed by atoms with Crippen LogP contribution in [0.5, 0.6) is 5.75 Å². The lowest BCUT2D eigenvalue weighted by atomic mass is 9.82.